The molecule has 1 aliphatic rings. The third-order valence-electron chi connectivity index (χ3n) is 5.16. The van der Waals surface area contributed by atoms with Crippen molar-refractivity contribution in [3.8, 4) is 21.5 Å². The lowest BCUT2D eigenvalue weighted by Crippen LogP contribution is -2.48. The zero-order chi connectivity index (χ0) is 21.0. The van der Waals surface area contributed by atoms with Crippen molar-refractivity contribution in [2.45, 2.75) is 19.4 Å². The number of piperazine rings is 1. The van der Waals surface area contributed by atoms with Crippen LogP contribution in [0.25, 0.3) is 21.5 Å². The van der Waals surface area contributed by atoms with E-state index in [4.69, 9.17) is 8.94 Å². The highest BCUT2D eigenvalue weighted by Gasteiger charge is 2.22. The molecule has 1 aliphatic heterocycles. The van der Waals surface area contributed by atoms with Crippen LogP contribution in [0.15, 0.2) is 50.2 Å². The Kier molecular flexibility index (Phi) is 5.92. The van der Waals surface area contributed by atoms with E-state index in [1.807, 2.05) is 34.5 Å². The van der Waals surface area contributed by atoms with Crippen molar-refractivity contribution in [2.24, 2.45) is 0 Å². The number of aryl methyl sites for hydroxylation is 1. The van der Waals surface area contributed by atoms with Gasteiger partial charge in [0.2, 0.25) is 17.6 Å². The molecule has 31 heavy (non-hydrogen) atoms. The molecule has 0 aromatic carbocycles. The Hall–Kier alpha value is -2.82. The second-order valence-corrected chi connectivity index (χ2v) is 9.07. The molecule has 1 saturated heterocycles. The minimum atomic E-state index is 0.129. The number of thiazole rings is 1. The molecular weight excluding hydrogens is 434 g/mol. The minimum Gasteiger partial charge on any atom is -0.462 e. The summed E-state index contributed by atoms with van der Waals surface area (Å²) >= 11 is 3.16. The molecule has 0 bridgehead atoms. The number of nitrogens with zero attached hydrogens (tertiary/aromatic N) is 5. The highest BCUT2D eigenvalue weighted by atomic mass is 32.1. The fourth-order valence-electron chi connectivity index (χ4n) is 3.51. The maximum Gasteiger partial charge on any atom is 0.227 e. The SMILES string of the molecule is O=C(CCc1nc(-c2cccs2)no1)N1CCN(Cc2csc(-c3ccco3)n2)CC1. The summed E-state index contributed by atoms with van der Waals surface area (Å²) < 4.78 is 10.7. The number of carbonyl (C=O) groups excluding carboxylic acids is 1. The molecule has 0 N–H and O–H groups in total. The highest BCUT2D eigenvalue weighted by Crippen LogP contribution is 2.25. The fourth-order valence-corrected chi connectivity index (χ4v) is 4.94. The minimum absolute atomic E-state index is 0.129. The van der Waals surface area contributed by atoms with Crippen LogP contribution >= 0.6 is 22.7 Å². The van der Waals surface area contributed by atoms with Gasteiger partial charge in [-0.15, -0.1) is 22.7 Å². The zero-order valence-electron chi connectivity index (χ0n) is 16.8. The maximum absolute atomic E-state index is 12.6. The average Bonchev–Trinajstić information content (AvgIpc) is 3.59. The van der Waals surface area contributed by atoms with Gasteiger partial charge in [-0.1, -0.05) is 11.2 Å². The Bertz CT molecular complexity index is 1110. The number of furan rings is 1. The number of amides is 1. The van der Waals surface area contributed by atoms with E-state index in [-0.39, 0.29) is 5.91 Å². The molecule has 0 saturated carbocycles. The molecule has 0 unspecified atom stereocenters. The molecule has 1 fully saturated rings. The van der Waals surface area contributed by atoms with Crippen LogP contribution in [-0.4, -0.2) is 57.0 Å². The van der Waals surface area contributed by atoms with E-state index < -0.39 is 0 Å². The first-order valence-corrected chi connectivity index (χ1v) is 11.9. The van der Waals surface area contributed by atoms with E-state index in [9.17, 15) is 4.79 Å². The second-order valence-electron chi connectivity index (χ2n) is 7.27. The molecule has 0 radical (unpaired) electrons. The molecular formula is C21H21N5O3S2. The van der Waals surface area contributed by atoms with E-state index in [1.165, 1.54) is 0 Å². The van der Waals surface area contributed by atoms with E-state index in [0.717, 1.165) is 54.1 Å². The van der Waals surface area contributed by atoms with Crippen LogP contribution in [0.4, 0.5) is 0 Å². The summed E-state index contributed by atoms with van der Waals surface area (Å²) in [7, 11) is 0. The predicted molar refractivity (Wildman–Crippen MR) is 118 cm³/mol. The van der Waals surface area contributed by atoms with Gasteiger partial charge in [-0.25, -0.2) is 4.98 Å². The van der Waals surface area contributed by atoms with Crippen molar-refractivity contribution in [3.05, 3.63) is 52.9 Å². The summed E-state index contributed by atoms with van der Waals surface area (Å²) in [6.07, 6.45) is 2.50. The van der Waals surface area contributed by atoms with Gasteiger partial charge in [-0.2, -0.15) is 4.98 Å². The van der Waals surface area contributed by atoms with Crippen molar-refractivity contribution < 1.29 is 13.7 Å². The molecule has 4 aromatic rings. The van der Waals surface area contributed by atoms with Gasteiger partial charge in [-0.3, -0.25) is 9.69 Å². The lowest BCUT2D eigenvalue weighted by atomic mass is 10.2. The van der Waals surface area contributed by atoms with Gasteiger partial charge in [0.1, 0.15) is 0 Å². The number of thiophene rings is 1. The normalized spacial score (nSPS) is 14.9. The number of hydrogen-bond acceptors (Lipinski definition) is 9. The molecule has 8 nitrogen and oxygen atoms in total. The van der Waals surface area contributed by atoms with Gasteiger partial charge in [-0.05, 0) is 23.6 Å². The first-order chi connectivity index (χ1) is 15.2. The fraction of sp³-hybridized carbons (Fsp3) is 0.333. The summed E-state index contributed by atoms with van der Waals surface area (Å²) in [5.74, 6) is 2.02. The Morgan fingerprint density at radius 3 is 2.77 bits per heavy atom. The van der Waals surface area contributed by atoms with E-state index in [0.29, 0.717) is 24.6 Å². The molecule has 160 valence electrons. The number of carbonyl (C=O) groups is 1. The molecule has 4 aromatic heterocycles. The van der Waals surface area contributed by atoms with Crippen LogP contribution in [0.1, 0.15) is 18.0 Å². The topological polar surface area (TPSA) is 88.5 Å². The molecule has 0 spiro atoms. The van der Waals surface area contributed by atoms with Gasteiger partial charge < -0.3 is 13.8 Å². The van der Waals surface area contributed by atoms with Crippen molar-refractivity contribution in [2.75, 3.05) is 26.2 Å². The molecule has 0 aliphatic carbocycles. The first-order valence-electron chi connectivity index (χ1n) is 10.1. The lowest BCUT2D eigenvalue weighted by Gasteiger charge is -2.34. The Morgan fingerprint density at radius 2 is 2.00 bits per heavy atom. The standard InChI is InChI=1S/C21H21N5O3S2/c27-19(6-5-18-23-20(24-29-18)17-4-2-12-30-17)26-9-7-25(8-10-26)13-15-14-31-21(22-15)16-3-1-11-28-16/h1-4,11-12,14H,5-10,13H2. The number of hydrogen-bond donors (Lipinski definition) is 0. The summed E-state index contributed by atoms with van der Waals surface area (Å²) in [5.41, 5.74) is 1.04. The summed E-state index contributed by atoms with van der Waals surface area (Å²) in [6, 6.07) is 7.69. The number of aromatic nitrogens is 3. The zero-order valence-corrected chi connectivity index (χ0v) is 18.4. The van der Waals surface area contributed by atoms with Crippen LogP contribution in [0.3, 0.4) is 0 Å². The molecule has 5 rings (SSSR count). The van der Waals surface area contributed by atoms with Crippen molar-refractivity contribution in [1.82, 2.24) is 24.9 Å². The Labute approximate surface area is 187 Å². The van der Waals surface area contributed by atoms with E-state index >= 15 is 0 Å². The van der Waals surface area contributed by atoms with Crippen molar-refractivity contribution in [3.63, 3.8) is 0 Å². The third kappa shape index (κ3) is 4.76. The summed E-state index contributed by atoms with van der Waals surface area (Å²) in [6.45, 7) is 3.90. The molecule has 10 heteroatoms. The van der Waals surface area contributed by atoms with Crippen molar-refractivity contribution >= 4 is 28.6 Å². The smallest absolute Gasteiger partial charge is 0.227 e. The predicted octanol–water partition coefficient (Wildman–Crippen LogP) is 3.79. The molecule has 5 heterocycles. The monoisotopic (exact) mass is 455 g/mol. The first kappa shape index (κ1) is 20.1. The third-order valence-corrected chi connectivity index (χ3v) is 6.93. The van der Waals surface area contributed by atoms with Crippen molar-refractivity contribution in [1.29, 1.82) is 0 Å². The van der Waals surface area contributed by atoms with Gasteiger partial charge >= 0.3 is 0 Å². The van der Waals surface area contributed by atoms with Gasteiger partial charge in [0.25, 0.3) is 0 Å². The summed E-state index contributed by atoms with van der Waals surface area (Å²) in [5, 5.41) is 8.95. The van der Waals surface area contributed by atoms with Gasteiger partial charge in [0.05, 0.1) is 16.8 Å². The molecule has 0 atom stereocenters. The second kappa shape index (κ2) is 9.13. The highest BCUT2D eigenvalue weighted by molar-refractivity contribution is 7.13. The van der Waals surface area contributed by atoms with Crippen LogP contribution < -0.4 is 0 Å². The quantitative estimate of drug-likeness (QED) is 0.419. The van der Waals surface area contributed by atoms with Crippen LogP contribution in [-0.2, 0) is 17.8 Å². The molecule has 1 amide bonds. The maximum atomic E-state index is 12.6. The van der Waals surface area contributed by atoms with Crippen LogP contribution in [0, 0.1) is 0 Å². The van der Waals surface area contributed by atoms with E-state index in [1.54, 1.807) is 28.9 Å². The Morgan fingerprint density at radius 1 is 1.10 bits per heavy atom. The van der Waals surface area contributed by atoms with Crippen LogP contribution in [0.2, 0.25) is 0 Å². The van der Waals surface area contributed by atoms with E-state index in [2.05, 4.69) is 25.4 Å². The Balaban J connectivity index is 1.08. The lowest BCUT2D eigenvalue weighted by molar-refractivity contribution is -0.133. The van der Waals surface area contributed by atoms with Gasteiger partial charge in [0, 0.05) is 50.9 Å². The largest absolute Gasteiger partial charge is 0.462 e. The number of rotatable bonds is 7. The van der Waals surface area contributed by atoms with Gasteiger partial charge in [0.15, 0.2) is 10.8 Å². The van der Waals surface area contributed by atoms with Crippen LogP contribution in [0.5, 0.6) is 0 Å². The summed E-state index contributed by atoms with van der Waals surface area (Å²) in [4.78, 5) is 26.9. The average molecular weight is 456 g/mol.